The van der Waals surface area contributed by atoms with Crippen molar-refractivity contribution in [2.75, 3.05) is 0 Å². The number of fused-ring (bicyclic) bond motifs is 4. The van der Waals surface area contributed by atoms with Crippen LogP contribution in [0, 0.1) is 6.92 Å². The fraction of sp³-hybridized carbons (Fsp3) is 0.154. The van der Waals surface area contributed by atoms with Gasteiger partial charge in [-0.05, 0) is 56.6 Å². The van der Waals surface area contributed by atoms with Gasteiger partial charge in [0.15, 0.2) is 0 Å². The van der Waals surface area contributed by atoms with Crippen LogP contribution >= 0.6 is 0 Å². The molecule has 0 unspecified atom stereocenters. The number of hydrogen-bond donors (Lipinski definition) is 0. The fourth-order valence-corrected chi connectivity index (χ4v) is 4.72. The van der Waals surface area contributed by atoms with Crippen molar-refractivity contribution in [1.29, 1.82) is 0 Å². The molecule has 0 saturated carbocycles. The molecule has 0 radical (unpaired) electrons. The van der Waals surface area contributed by atoms with Gasteiger partial charge in [0.2, 0.25) is 0 Å². The summed E-state index contributed by atoms with van der Waals surface area (Å²) in [6.45, 7) is 6.97. The van der Waals surface area contributed by atoms with Gasteiger partial charge in [-0.25, -0.2) is 0 Å². The molecule has 1 aliphatic rings. The van der Waals surface area contributed by atoms with Crippen molar-refractivity contribution in [2.24, 2.45) is 0 Å². The molecule has 0 heteroatoms. The van der Waals surface area contributed by atoms with Gasteiger partial charge < -0.3 is 0 Å². The monoisotopic (exact) mass is 334 g/mol. The maximum atomic E-state index is 2.35. The first kappa shape index (κ1) is 15.4. The molecule has 0 N–H and O–H groups in total. The Morgan fingerprint density at radius 3 is 2.15 bits per heavy atom. The van der Waals surface area contributed by atoms with Crippen LogP contribution in [-0.4, -0.2) is 0 Å². The van der Waals surface area contributed by atoms with E-state index in [4.69, 9.17) is 0 Å². The first-order chi connectivity index (χ1) is 12.6. The van der Waals surface area contributed by atoms with Gasteiger partial charge in [0.05, 0.1) is 0 Å². The van der Waals surface area contributed by atoms with E-state index >= 15 is 0 Å². The second kappa shape index (κ2) is 5.32. The van der Waals surface area contributed by atoms with Gasteiger partial charge in [0.1, 0.15) is 0 Å². The van der Waals surface area contributed by atoms with Crippen molar-refractivity contribution in [3.63, 3.8) is 0 Å². The summed E-state index contributed by atoms with van der Waals surface area (Å²) in [5.74, 6) is 0. The third-order valence-electron chi connectivity index (χ3n) is 6.09. The van der Waals surface area contributed by atoms with Crippen LogP contribution in [0.15, 0.2) is 78.9 Å². The van der Waals surface area contributed by atoms with Gasteiger partial charge in [0.25, 0.3) is 0 Å². The smallest absolute Gasteiger partial charge is 0.0158 e. The van der Waals surface area contributed by atoms with Crippen molar-refractivity contribution in [3.8, 4) is 22.3 Å². The van der Waals surface area contributed by atoms with E-state index in [2.05, 4.69) is 99.6 Å². The lowest BCUT2D eigenvalue weighted by atomic mass is 9.81. The number of hydrogen-bond acceptors (Lipinski definition) is 0. The summed E-state index contributed by atoms with van der Waals surface area (Å²) in [6.07, 6.45) is 0. The van der Waals surface area contributed by atoms with Crippen molar-refractivity contribution in [2.45, 2.75) is 26.2 Å². The van der Waals surface area contributed by atoms with Gasteiger partial charge in [-0.1, -0.05) is 92.7 Å². The summed E-state index contributed by atoms with van der Waals surface area (Å²) in [5, 5.41) is 2.62. The summed E-state index contributed by atoms with van der Waals surface area (Å²) in [5.41, 5.74) is 9.82. The fourth-order valence-electron chi connectivity index (χ4n) is 4.72. The van der Waals surface area contributed by atoms with E-state index in [1.54, 1.807) is 0 Å². The maximum Gasteiger partial charge on any atom is 0.0158 e. The zero-order chi connectivity index (χ0) is 17.9. The van der Waals surface area contributed by atoms with Gasteiger partial charge in [-0.15, -0.1) is 0 Å². The van der Waals surface area contributed by atoms with Crippen molar-refractivity contribution < 1.29 is 0 Å². The summed E-state index contributed by atoms with van der Waals surface area (Å²) < 4.78 is 0. The maximum absolute atomic E-state index is 2.35. The predicted molar refractivity (Wildman–Crippen MR) is 112 cm³/mol. The molecule has 0 bridgehead atoms. The second-order valence-corrected chi connectivity index (χ2v) is 7.86. The van der Waals surface area contributed by atoms with Crippen LogP contribution in [0.4, 0.5) is 0 Å². The van der Waals surface area contributed by atoms with Crippen molar-refractivity contribution in [3.05, 3.63) is 95.6 Å². The van der Waals surface area contributed by atoms with Crippen LogP contribution in [0.2, 0.25) is 0 Å². The highest BCUT2D eigenvalue weighted by atomic mass is 14.4. The second-order valence-electron chi connectivity index (χ2n) is 7.86. The Balaban J connectivity index is 1.84. The summed E-state index contributed by atoms with van der Waals surface area (Å²) in [6, 6.07) is 28.8. The van der Waals surface area contributed by atoms with Crippen LogP contribution in [0.5, 0.6) is 0 Å². The van der Waals surface area contributed by atoms with Crippen LogP contribution in [-0.2, 0) is 5.41 Å². The van der Waals surface area contributed by atoms with E-state index in [9.17, 15) is 0 Å². The Bertz CT molecular complexity index is 1160. The lowest BCUT2D eigenvalue weighted by Crippen LogP contribution is -2.14. The average Bonchev–Trinajstić information content (AvgIpc) is 2.90. The molecule has 0 spiro atoms. The van der Waals surface area contributed by atoms with Crippen molar-refractivity contribution in [1.82, 2.24) is 0 Å². The summed E-state index contributed by atoms with van der Waals surface area (Å²) in [4.78, 5) is 0. The molecule has 0 saturated heterocycles. The molecule has 4 aromatic carbocycles. The van der Waals surface area contributed by atoms with Crippen LogP contribution in [0.3, 0.4) is 0 Å². The van der Waals surface area contributed by atoms with Crippen LogP contribution in [0.25, 0.3) is 33.0 Å². The minimum Gasteiger partial charge on any atom is -0.0619 e. The van der Waals surface area contributed by atoms with Crippen molar-refractivity contribution >= 4 is 10.8 Å². The predicted octanol–water partition coefficient (Wildman–Crippen LogP) is 7.12. The molecule has 0 amide bonds. The molecule has 5 rings (SSSR count). The zero-order valence-corrected chi connectivity index (χ0v) is 15.5. The largest absolute Gasteiger partial charge is 0.0619 e. The molecule has 0 fully saturated rings. The lowest BCUT2D eigenvalue weighted by Gasteiger charge is -2.22. The number of rotatable bonds is 1. The lowest BCUT2D eigenvalue weighted by molar-refractivity contribution is 0.660. The molecular weight excluding hydrogens is 312 g/mol. The molecule has 0 nitrogen and oxygen atoms in total. The molecular formula is C26H22. The molecule has 0 heterocycles. The minimum atomic E-state index is 0.0635. The zero-order valence-electron chi connectivity index (χ0n) is 15.5. The van der Waals surface area contributed by atoms with Crippen LogP contribution < -0.4 is 0 Å². The number of benzene rings is 4. The third-order valence-corrected chi connectivity index (χ3v) is 6.09. The van der Waals surface area contributed by atoms with Gasteiger partial charge in [-0.3, -0.25) is 0 Å². The Hall–Kier alpha value is -2.86. The first-order valence-corrected chi connectivity index (χ1v) is 9.31. The molecule has 0 aromatic heterocycles. The van der Waals surface area contributed by atoms with E-state index in [0.717, 1.165) is 0 Å². The standard InChI is InChI=1S/C26H22/c1-17-19(21-13-8-10-18-9-4-5-11-20(18)21)15-16-24-25(17)22-12-6-7-14-23(22)26(24,2)3/h4-16H,1-3H3. The highest BCUT2D eigenvalue weighted by Crippen LogP contribution is 2.51. The molecule has 0 aliphatic heterocycles. The highest BCUT2D eigenvalue weighted by molar-refractivity contribution is 5.99. The Morgan fingerprint density at radius 1 is 0.577 bits per heavy atom. The van der Waals surface area contributed by atoms with Crippen LogP contribution in [0.1, 0.15) is 30.5 Å². The van der Waals surface area contributed by atoms with E-state index in [-0.39, 0.29) is 5.41 Å². The summed E-state index contributed by atoms with van der Waals surface area (Å²) >= 11 is 0. The van der Waals surface area contributed by atoms with Gasteiger partial charge in [-0.2, -0.15) is 0 Å². The highest BCUT2D eigenvalue weighted by Gasteiger charge is 2.36. The van der Waals surface area contributed by atoms with E-state index in [1.807, 2.05) is 0 Å². The first-order valence-electron chi connectivity index (χ1n) is 9.31. The normalized spacial score (nSPS) is 14.3. The topological polar surface area (TPSA) is 0 Å². The molecule has 26 heavy (non-hydrogen) atoms. The Kier molecular flexibility index (Phi) is 3.15. The quantitative estimate of drug-likeness (QED) is 0.347. The Morgan fingerprint density at radius 2 is 1.27 bits per heavy atom. The minimum absolute atomic E-state index is 0.0635. The molecule has 126 valence electrons. The van der Waals surface area contributed by atoms with Gasteiger partial charge >= 0.3 is 0 Å². The Labute approximate surface area is 155 Å². The van der Waals surface area contributed by atoms with Gasteiger partial charge in [0, 0.05) is 5.41 Å². The summed E-state index contributed by atoms with van der Waals surface area (Å²) in [7, 11) is 0. The molecule has 1 aliphatic carbocycles. The van der Waals surface area contributed by atoms with E-state index in [0.29, 0.717) is 0 Å². The van der Waals surface area contributed by atoms with E-state index in [1.165, 1.54) is 49.7 Å². The van der Waals surface area contributed by atoms with E-state index < -0.39 is 0 Å². The molecule has 4 aromatic rings. The molecule has 0 atom stereocenters. The SMILES string of the molecule is Cc1c(-c2cccc3ccccc23)ccc2c1-c1ccccc1C2(C)C. The third kappa shape index (κ3) is 1.96. The average molecular weight is 334 g/mol.